The molecule has 0 bridgehead atoms. The minimum absolute atomic E-state index is 0. The molecule has 2 aromatic rings. The number of likely N-dealkylation sites (tertiary alicyclic amines) is 1. The zero-order chi connectivity index (χ0) is 16.4. The fourth-order valence-corrected chi connectivity index (χ4v) is 3.34. The summed E-state index contributed by atoms with van der Waals surface area (Å²) in [6.07, 6.45) is 0.311. The van der Waals surface area contributed by atoms with Crippen molar-refractivity contribution >= 4 is 41.5 Å². The molecule has 1 saturated heterocycles. The summed E-state index contributed by atoms with van der Waals surface area (Å²) in [5, 5.41) is 0.965. The summed E-state index contributed by atoms with van der Waals surface area (Å²) in [7, 11) is 0. The van der Waals surface area contributed by atoms with Crippen molar-refractivity contribution in [3.63, 3.8) is 0 Å². The molecule has 1 heterocycles. The molecule has 2 atom stereocenters. The first-order valence-electron chi connectivity index (χ1n) is 7.57. The van der Waals surface area contributed by atoms with Crippen LogP contribution < -0.4 is 5.73 Å². The summed E-state index contributed by atoms with van der Waals surface area (Å²) in [5.74, 6) is 0.256. The van der Waals surface area contributed by atoms with Crippen molar-refractivity contribution in [1.82, 2.24) is 4.90 Å². The number of nitrogens with zero attached hydrogens (tertiary/aromatic N) is 1. The van der Waals surface area contributed by atoms with Gasteiger partial charge in [-0.1, -0.05) is 59.6 Å². The van der Waals surface area contributed by atoms with Crippen molar-refractivity contribution in [3.05, 3.63) is 69.7 Å². The smallest absolute Gasteiger partial charge is 0.227 e. The highest BCUT2D eigenvalue weighted by molar-refractivity contribution is 6.42. The molecule has 128 valence electrons. The van der Waals surface area contributed by atoms with Crippen molar-refractivity contribution in [2.45, 2.75) is 18.4 Å². The second-order valence-corrected chi connectivity index (χ2v) is 6.72. The molecule has 1 aliphatic rings. The van der Waals surface area contributed by atoms with E-state index in [-0.39, 0.29) is 30.3 Å². The van der Waals surface area contributed by atoms with E-state index in [2.05, 4.69) is 12.1 Å². The summed E-state index contributed by atoms with van der Waals surface area (Å²) in [6, 6.07) is 15.4. The Morgan fingerprint density at radius 2 is 1.79 bits per heavy atom. The monoisotopic (exact) mass is 384 g/mol. The molecule has 24 heavy (non-hydrogen) atoms. The van der Waals surface area contributed by atoms with Crippen LogP contribution in [0.4, 0.5) is 0 Å². The first-order chi connectivity index (χ1) is 11.0. The molecule has 3 nitrogen and oxygen atoms in total. The van der Waals surface area contributed by atoms with Gasteiger partial charge in [0.1, 0.15) is 0 Å². The van der Waals surface area contributed by atoms with Crippen LogP contribution in [0.2, 0.25) is 10.0 Å². The summed E-state index contributed by atoms with van der Waals surface area (Å²) in [5.41, 5.74) is 8.29. The van der Waals surface area contributed by atoms with Crippen LogP contribution >= 0.6 is 35.6 Å². The van der Waals surface area contributed by atoms with Crippen LogP contribution in [-0.4, -0.2) is 29.9 Å². The highest BCUT2D eigenvalue weighted by Crippen LogP contribution is 2.27. The largest absolute Gasteiger partial charge is 0.340 e. The van der Waals surface area contributed by atoms with E-state index in [9.17, 15) is 4.79 Å². The van der Waals surface area contributed by atoms with Crippen LogP contribution in [0, 0.1) is 0 Å². The van der Waals surface area contributed by atoms with Crippen LogP contribution in [0.1, 0.15) is 17.0 Å². The molecule has 3 rings (SSSR count). The molecule has 0 aliphatic carbocycles. The van der Waals surface area contributed by atoms with E-state index in [1.54, 1.807) is 12.1 Å². The summed E-state index contributed by atoms with van der Waals surface area (Å²) >= 11 is 11.9. The molecule has 1 amide bonds. The van der Waals surface area contributed by atoms with Crippen LogP contribution in [0.3, 0.4) is 0 Å². The van der Waals surface area contributed by atoms with Gasteiger partial charge in [-0.15, -0.1) is 12.4 Å². The van der Waals surface area contributed by atoms with Crippen LogP contribution in [0.25, 0.3) is 0 Å². The molecule has 0 saturated carbocycles. The van der Waals surface area contributed by atoms with E-state index < -0.39 is 0 Å². The van der Waals surface area contributed by atoms with Gasteiger partial charge in [-0.05, 0) is 23.3 Å². The molecule has 1 aliphatic heterocycles. The summed E-state index contributed by atoms with van der Waals surface area (Å²) in [4.78, 5) is 14.4. The van der Waals surface area contributed by atoms with Gasteiger partial charge in [-0.2, -0.15) is 0 Å². The number of hydrogen-bond donors (Lipinski definition) is 1. The van der Waals surface area contributed by atoms with Crippen molar-refractivity contribution in [2.24, 2.45) is 5.73 Å². The van der Waals surface area contributed by atoms with Gasteiger partial charge in [0.15, 0.2) is 0 Å². The van der Waals surface area contributed by atoms with Gasteiger partial charge in [0.25, 0.3) is 0 Å². The average Bonchev–Trinajstić information content (AvgIpc) is 2.94. The van der Waals surface area contributed by atoms with Crippen molar-refractivity contribution in [1.29, 1.82) is 0 Å². The number of carbonyl (C=O) groups excluding carboxylic acids is 1. The number of nitrogens with two attached hydrogens (primary N) is 1. The minimum atomic E-state index is -0.0323. The Morgan fingerprint density at radius 1 is 1.08 bits per heavy atom. The fourth-order valence-electron chi connectivity index (χ4n) is 3.02. The Kier molecular flexibility index (Phi) is 6.53. The molecular weight excluding hydrogens is 367 g/mol. The summed E-state index contributed by atoms with van der Waals surface area (Å²) < 4.78 is 0. The third-order valence-electron chi connectivity index (χ3n) is 4.28. The summed E-state index contributed by atoms with van der Waals surface area (Å²) in [6.45, 7) is 1.24. The highest BCUT2D eigenvalue weighted by atomic mass is 35.5. The van der Waals surface area contributed by atoms with Crippen LogP contribution in [0.5, 0.6) is 0 Å². The van der Waals surface area contributed by atoms with Gasteiger partial charge in [0.2, 0.25) is 5.91 Å². The Hall–Kier alpha value is -1.26. The van der Waals surface area contributed by atoms with Crippen LogP contribution in [-0.2, 0) is 11.2 Å². The van der Waals surface area contributed by atoms with E-state index in [0.29, 0.717) is 29.6 Å². The third-order valence-corrected chi connectivity index (χ3v) is 5.02. The molecule has 0 radical (unpaired) electrons. The van der Waals surface area contributed by atoms with Crippen molar-refractivity contribution in [2.75, 3.05) is 13.1 Å². The maximum absolute atomic E-state index is 12.5. The predicted molar refractivity (Wildman–Crippen MR) is 101 cm³/mol. The SMILES string of the molecule is Cl.N[C@@H]1CN(C(=O)Cc2ccc(Cl)c(Cl)c2)C[C@H]1c1ccccc1. The van der Waals surface area contributed by atoms with E-state index in [4.69, 9.17) is 28.9 Å². The van der Waals surface area contributed by atoms with E-state index in [1.165, 1.54) is 5.56 Å². The number of rotatable bonds is 3. The second kappa shape index (κ2) is 8.21. The lowest BCUT2D eigenvalue weighted by Gasteiger charge is -2.16. The third kappa shape index (κ3) is 4.22. The maximum Gasteiger partial charge on any atom is 0.227 e. The molecule has 0 unspecified atom stereocenters. The standard InChI is InChI=1S/C18H18Cl2N2O.ClH/c19-15-7-6-12(8-16(15)20)9-18(23)22-10-14(17(21)11-22)13-4-2-1-3-5-13;/h1-8,14,17H,9-11,21H2;1H/t14-,17+;/m0./s1. The number of hydrogen-bond acceptors (Lipinski definition) is 2. The number of benzene rings is 2. The number of carbonyl (C=O) groups is 1. The first kappa shape index (κ1) is 19.1. The van der Waals surface area contributed by atoms with Crippen LogP contribution in [0.15, 0.2) is 48.5 Å². The predicted octanol–water partition coefficient (Wildman–Crippen LogP) is 3.91. The molecule has 2 aromatic carbocycles. The lowest BCUT2D eigenvalue weighted by Crippen LogP contribution is -2.33. The number of halogens is 3. The topological polar surface area (TPSA) is 46.3 Å². The van der Waals surface area contributed by atoms with Gasteiger partial charge in [-0.25, -0.2) is 0 Å². The van der Waals surface area contributed by atoms with E-state index in [0.717, 1.165) is 5.56 Å². The molecule has 0 spiro atoms. The van der Waals surface area contributed by atoms with Crippen molar-refractivity contribution in [3.8, 4) is 0 Å². The zero-order valence-electron chi connectivity index (χ0n) is 13.0. The Labute approximate surface area is 158 Å². The lowest BCUT2D eigenvalue weighted by molar-refractivity contribution is -0.129. The van der Waals surface area contributed by atoms with E-state index >= 15 is 0 Å². The van der Waals surface area contributed by atoms with Gasteiger partial charge in [0, 0.05) is 25.0 Å². The molecule has 2 N–H and O–H groups in total. The second-order valence-electron chi connectivity index (χ2n) is 5.90. The lowest BCUT2D eigenvalue weighted by atomic mass is 9.95. The number of amides is 1. The van der Waals surface area contributed by atoms with E-state index in [1.807, 2.05) is 29.2 Å². The maximum atomic E-state index is 12.5. The molecule has 0 aromatic heterocycles. The Morgan fingerprint density at radius 3 is 2.46 bits per heavy atom. The minimum Gasteiger partial charge on any atom is -0.340 e. The normalized spacial score (nSPS) is 19.9. The first-order valence-corrected chi connectivity index (χ1v) is 8.32. The quantitative estimate of drug-likeness (QED) is 0.870. The van der Waals surface area contributed by atoms with Gasteiger partial charge in [-0.3, -0.25) is 4.79 Å². The molecule has 1 fully saturated rings. The van der Waals surface area contributed by atoms with Crippen molar-refractivity contribution < 1.29 is 4.79 Å². The molecule has 6 heteroatoms. The van der Waals surface area contributed by atoms with Gasteiger partial charge < -0.3 is 10.6 Å². The Bertz CT molecular complexity index is 709. The average molecular weight is 386 g/mol. The zero-order valence-corrected chi connectivity index (χ0v) is 15.3. The fraction of sp³-hybridized carbons (Fsp3) is 0.278. The molecular formula is C18H19Cl3N2O. The van der Waals surface area contributed by atoms with Gasteiger partial charge >= 0.3 is 0 Å². The highest BCUT2D eigenvalue weighted by Gasteiger charge is 2.33. The Balaban J connectivity index is 0.00000208. The van der Waals surface area contributed by atoms with Gasteiger partial charge in [0.05, 0.1) is 16.5 Å².